The lowest BCUT2D eigenvalue weighted by atomic mass is 10.2. The molecule has 5 rings (SSSR count). The van der Waals surface area contributed by atoms with E-state index in [-0.39, 0.29) is 11.4 Å². The van der Waals surface area contributed by atoms with Gasteiger partial charge in [-0.05, 0) is 48.5 Å². The standard InChI is InChI=1S/C24H15F3N6O4/c25-24(26,27)37-19-4-2-1-3-18(19)33-20(34)10-9-17(32-33)22(35)31-14-5-7-15(8-6-14)36-23-16-11-12-28-21(16)29-13-30-23/h1-13H,(H,31,35)(H,28,29,30). The quantitative estimate of drug-likeness (QED) is 0.347. The molecule has 3 aromatic heterocycles. The van der Waals surface area contributed by atoms with Crippen molar-refractivity contribution >= 4 is 22.6 Å². The van der Waals surface area contributed by atoms with Crippen molar-refractivity contribution < 1.29 is 27.4 Å². The molecule has 2 aromatic carbocycles. The maximum Gasteiger partial charge on any atom is 0.573 e. The summed E-state index contributed by atoms with van der Waals surface area (Å²) in [7, 11) is 0. The van der Waals surface area contributed by atoms with Crippen molar-refractivity contribution in [3.05, 3.63) is 95.3 Å². The highest BCUT2D eigenvalue weighted by molar-refractivity contribution is 6.02. The molecule has 0 aliphatic carbocycles. The molecule has 0 unspecified atom stereocenters. The van der Waals surface area contributed by atoms with Crippen LogP contribution in [0.3, 0.4) is 0 Å². The van der Waals surface area contributed by atoms with Crippen LogP contribution >= 0.6 is 0 Å². The molecule has 0 radical (unpaired) electrons. The summed E-state index contributed by atoms with van der Waals surface area (Å²) in [5.74, 6) is -0.531. The molecule has 0 fully saturated rings. The number of amides is 1. The summed E-state index contributed by atoms with van der Waals surface area (Å²) in [6.45, 7) is 0. The Morgan fingerprint density at radius 3 is 2.54 bits per heavy atom. The van der Waals surface area contributed by atoms with E-state index in [1.54, 1.807) is 36.5 Å². The maximum atomic E-state index is 12.8. The van der Waals surface area contributed by atoms with Crippen LogP contribution in [0.15, 0.2) is 84.0 Å². The van der Waals surface area contributed by atoms with E-state index >= 15 is 0 Å². The molecule has 0 bridgehead atoms. The molecule has 10 nitrogen and oxygen atoms in total. The minimum atomic E-state index is -4.98. The average Bonchev–Trinajstić information content (AvgIpc) is 3.35. The van der Waals surface area contributed by atoms with E-state index in [9.17, 15) is 22.8 Å². The number of rotatable bonds is 6. The van der Waals surface area contributed by atoms with Crippen LogP contribution in [0.25, 0.3) is 16.7 Å². The first-order valence-electron chi connectivity index (χ1n) is 10.6. The highest BCUT2D eigenvalue weighted by atomic mass is 19.4. The van der Waals surface area contributed by atoms with Gasteiger partial charge in [0.05, 0.1) is 5.39 Å². The van der Waals surface area contributed by atoms with Crippen LogP contribution in [0.1, 0.15) is 10.5 Å². The number of nitrogens with zero attached hydrogens (tertiary/aromatic N) is 4. The first-order valence-corrected chi connectivity index (χ1v) is 10.6. The van der Waals surface area contributed by atoms with Crippen LogP contribution < -0.4 is 20.3 Å². The van der Waals surface area contributed by atoms with E-state index in [0.717, 1.165) is 18.2 Å². The second-order valence-electron chi connectivity index (χ2n) is 7.48. The molecule has 37 heavy (non-hydrogen) atoms. The fourth-order valence-electron chi connectivity index (χ4n) is 3.39. The number of anilines is 1. The summed E-state index contributed by atoms with van der Waals surface area (Å²) in [6.07, 6.45) is -1.90. The monoisotopic (exact) mass is 508 g/mol. The average molecular weight is 508 g/mol. The van der Waals surface area contributed by atoms with E-state index in [1.165, 1.54) is 24.5 Å². The number of aromatic amines is 1. The third-order valence-electron chi connectivity index (χ3n) is 5.00. The van der Waals surface area contributed by atoms with Gasteiger partial charge in [-0.3, -0.25) is 9.59 Å². The first kappa shape index (κ1) is 23.5. The Hall–Kier alpha value is -5.20. The van der Waals surface area contributed by atoms with Crippen LogP contribution in [0, 0.1) is 0 Å². The number of fused-ring (bicyclic) bond motifs is 1. The van der Waals surface area contributed by atoms with Crippen molar-refractivity contribution in [3.8, 4) is 23.1 Å². The molecular formula is C24H15F3N6O4. The third kappa shape index (κ3) is 5.24. The zero-order valence-corrected chi connectivity index (χ0v) is 18.6. The molecule has 0 atom stereocenters. The van der Waals surface area contributed by atoms with Crippen LogP contribution in [0.5, 0.6) is 17.4 Å². The fraction of sp³-hybridized carbons (Fsp3) is 0.0417. The number of carbonyl (C=O) groups excluding carboxylic acids is 1. The second-order valence-corrected chi connectivity index (χ2v) is 7.48. The Kier molecular flexibility index (Phi) is 6.01. The topological polar surface area (TPSA) is 124 Å². The molecule has 3 heterocycles. The minimum Gasteiger partial charge on any atom is -0.438 e. The summed E-state index contributed by atoms with van der Waals surface area (Å²) in [6, 6.07) is 15.3. The number of alkyl halides is 3. The molecule has 0 saturated carbocycles. The number of benzene rings is 2. The summed E-state index contributed by atoms with van der Waals surface area (Å²) in [4.78, 5) is 36.3. The Bertz CT molecular complexity index is 1650. The summed E-state index contributed by atoms with van der Waals surface area (Å²) in [5, 5.41) is 7.24. The number of halogens is 3. The van der Waals surface area contributed by atoms with Gasteiger partial charge in [0.2, 0.25) is 5.88 Å². The second kappa shape index (κ2) is 9.45. The molecule has 186 valence electrons. The number of aromatic nitrogens is 5. The van der Waals surface area contributed by atoms with Gasteiger partial charge in [0.25, 0.3) is 11.5 Å². The third-order valence-corrected chi connectivity index (χ3v) is 5.00. The maximum absolute atomic E-state index is 12.8. The van der Waals surface area contributed by atoms with E-state index < -0.39 is 23.6 Å². The Morgan fingerprint density at radius 1 is 0.973 bits per heavy atom. The van der Waals surface area contributed by atoms with Gasteiger partial charge in [-0.2, -0.15) is 9.78 Å². The van der Waals surface area contributed by atoms with Crippen LogP contribution in [0.2, 0.25) is 0 Å². The largest absolute Gasteiger partial charge is 0.573 e. The molecule has 0 saturated heterocycles. The predicted octanol–water partition coefficient (Wildman–Crippen LogP) is 4.45. The summed E-state index contributed by atoms with van der Waals surface area (Å²) >= 11 is 0. The van der Waals surface area contributed by atoms with E-state index in [0.29, 0.717) is 33.0 Å². The smallest absolute Gasteiger partial charge is 0.438 e. The van der Waals surface area contributed by atoms with Crippen molar-refractivity contribution in [2.24, 2.45) is 0 Å². The van der Waals surface area contributed by atoms with Gasteiger partial charge in [-0.1, -0.05) is 12.1 Å². The molecule has 2 N–H and O–H groups in total. The van der Waals surface area contributed by atoms with Crippen LogP contribution in [-0.4, -0.2) is 37.0 Å². The van der Waals surface area contributed by atoms with Crippen molar-refractivity contribution in [2.75, 3.05) is 5.32 Å². The molecule has 0 spiro atoms. The van der Waals surface area contributed by atoms with Crippen molar-refractivity contribution in [1.82, 2.24) is 24.7 Å². The zero-order valence-electron chi connectivity index (χ0n) is 18.6. The molecular weight excluding hydrogens is 493 g/mol. The van der Waals surface area contributed by atoms with Gasteiger partial charge in [0, 0.05) is 18.0 Å². The molecule has 0 aliphatic heterocycles. The Labute approximate surface area is 205 Å². The van der Waals surface area contributed by atoms with E-state index in [4.69, 9.17) is 4.74 Å². The van der Waals surface area contributed by atoms with Crippen molar-refractivity contribution in [1.29, 1.82) is 0 Å². The Balaban J connectivity index is 1.34. The van der Waals surface area contributed by atoms with Gasteiger partial charge in [-0.25, -0.2) is 9.97 Å². The first-order chi connectivity index (χ1) is 17.8. The van der Waals surface area contributed by atoms with Gasteiger partial charge in [0.15, 0.2) is 5.75 Å². The number of ether oxygens (including phenoxy) is 2. The normalized spacial score (nSPS) is 11.3. The van der Waals surface area contributed by atoms with E-state index in [1.807, 2.05) is 0 Å². The SMILES string of the molecule is O=C(Nc1ccc(Oc2ncnc3[nH]ccc23)cc1)c1ccc(=O)n(-c2ccccc2OC(F)(F)F)n1. The lowest BCUT2D eigenvalue weighted by Crippen LogP contribution is -2.26. The van der Waals surface area contributed by atoms with Crippen molar-refractivity contribution in [2.45, 2.75) is 6.36 Å². The van der Waals surface area contributed by atoms with E-state index in [2.05, 4.69) is 30.1 Å². The fourth-order valence-corrected chi connectivity index (χ4v) is 3.39. The molecule has 5 aromatic rings. The summed E-state index contributed by atoms with van der Waals surface area (Å²) in [5.41, 5.74) is -0.236. The number of nitrogens with one attached hydrogen (secondary N) is 2. The van der Waals surface area contributed by atoms with Crippen LogP contribution in [0.4, 0.5) is 18.9 Å². The molecule has 0 aliphatic rings. The van der Waals surface area contributed by atoms with Gasteiger partial charge in [0.1, 0.15) is 29.1 Å². The number of H-pyrrole nitrogens is 1. The van der Waals surface area contributed by atoms with Gasteiger partial charge in [-0.15, -0.1) is 13.2 Å². The minimum absolute atomic E-state index is 0.211. The number of carbonyl (C=O) groups is 1. The number of hydrogen-bond acceptors (Lipinski definition) is 7. The van der Waals surface area contributed by atoms with Gasteiger partial charge >= 0.3 is 6.36 Å². The predicted molar refractivity (Wildman–Crippen MR) is 125 cm³/mol. The number of hydrogen-bond donors (Lipinski definition) is 2. The van der Waals surface area contributed by atoms with Crippen LogP contribution in [-0.2, 0) is 0 Å². The number of para-hydroxylation sites is 2. The van der Waals surface area contributed by atoms with Crippen molar-refractivity contribution in [3.63, 3.8) is 0 Å². The molecule has 1 amide bonds. The summed E-state index contributed by atoms with van der Waals surface area (Å²) < 4.78 is 48.8. The highest BCUT2D eigenvalue weighted by Gasteiger charge is 2.32. The lowest BCUT2D eigenvalue weighted by molar-refractivity contribution is -0.274. The van der Waals surface area contributed by atoms with Gasteiger partial charge < -0.3 is 19.8 Å². The Morgan fingerprint density at radius 2 is 1.76 bits per heavy atom. The zero-order chi connectivity index (χ0) is 26.0. The molecule has 13 heteroatoms. The highest BCUT2D eigenvalue weighted by Crippen LogP contribution is 2.28. The lowest BCUT2D eigenvalue weighted by Gasteiger charge is -2.14.